The number of fused-ring (bicyclic) bond motifs is 1. The summed E-state index contributed by atoms with van der Waals surface area (Å²) < 4.78 is 6.47. The molecule has 1 unspecified atom stereocenters. The predicted molar refractivity (Wildman–Crippen MR) is 110 cm³/mol. The van der Waals surface area contributed by atoms with Gasteiger partial charge in [-0.1, -0.05) is 52.3 Å². The predicted octanol–water partition coefficient (Wildman–Crippen LogP) is 4.81. The van der Waals surface area contributed by atoms with Crippen molar-refractivity contribution in [3.05, 3.63) is 69.7 Å². The average Bonchev–Trinajstić information content (AvgIpc) is 2.67. The Kier molecular flexibility index (Phi) is 6.08. The number of carbonyl (C=O) groups excluding carboxylic acids is 1. The third-order valence-electron chi connectivity index (χ3n) is 5.24. The van der Waals surface area contributed by atoms with Crippen LogP contribution in [0.1, 0.15) is 37.0 Å². The summed E-state index contributed by atoms with van der Waals surface area (Å²) in [4.78, 5) is 26.8. The molecular formula is C22H24BrNO4. The Labute approximate surface area is 173 Å². The molecule has 1 aliphatic carbocycles. The molecule has 0 radical (unpaired) electrons. The lowest BCUT2D eigenvalue weighted by Gasteiger charge is -2.45. The first-order valence-electron chi connectivity index (χ1n) is 9.34. The van der Waals surface area contributed by atoms with Crippen LogP contribution in [0.3, 0.4) is 0 Å². The van der Waals surface area contributed by atoms with Crippen LogP contribution in [-0.2, 0) is 29.0 Å². The van der Waals surface area contributed by atoms with Crippen molar-refractivity contribution in [2.75, 3.05) is 0 Å². The van der Waals surface area contributed by atoms with Crippen LogP contribution in [0.2, 0.25) is 0 Å². The maximum Gasteiger partial charge on any atom is 0.411 e. The largest absolute Gasteiger partial charge is 0.479 e. The molecule has 3 rings (SSSR count). The van der Waals surface area contributed by atoms with E-state index in [1.165, 1.54) is 4.90 Å². The maximum atomic E-state index is 13.0. The van der Waals surface area contributed by atoms with Crippen molar-refractivity contribution in [3.8, 4) is 0 Å². The van der Waals surface area contributed by atoms with E-state index in [2.05, 4.69) is 15.9 Å². The smallest absolute Gasteiger partial charge is 0.411 e. The summed E-state index contributed by atoms with van der Waals surface area (Å²) in [5.74, 6) is -0.994. The van der Waals surface area contributed by atoms with Gasteiger partial charge in [0.25, 0.3) is 0 Å². The van der Waals surface area contributed by atoms with Gasteiger partial charge in [-0.2, -0.15) is 0 Å². The second-order valence-corrected chi connectivity index (χ2v) is 8.35. The molecule has 0 aromatic heterocycles. The maximum absolute atomic E-state index is 13.0. The zero-order valence-corrected chi connectivity index (χ0v) is 17.6. The second-order valence-electron chi connectivity index (χ2n) is 7.43. The van der Waals surface area contributed by atoms with Crippen molar-refractivity contribution in [1.29, 1.82) is 0 Å². The lowest BCUT2D eigenvalue weighted by Crippen LogP contribution is -2.62. The van der Waals surface area contributed by atoms with Crippen LogP contribution >= 0.6 is 15.9 Å². The number of benzene rings is 2. The zero-order valence-electron chi connectivity index (χ0n) is 16.0. The van der Waals surface area contributed by atoms with Gasteiger partial charge in [-0.25, -0.2) is 9.59 Å². The van der Waals surface area contributed by atoms with Crippen LogP contribution in [0, 0.1) is 0 Å². The van der Waals surface area contributed by atoms with E-state index in [1.54, 1.807) is 0 Å². The fourth-order valence-corrected chi connectivity index (χ4v) is 4.31. The molecule has 1 atom stereocenters. The van der Waals surface area contributed by atoms with Crippen molar-refractivity contribution in [1.82, 2.24) is 4.90 Å². The molecule has 0 heterocycles. The van der Waals surface area contributed by atoms with E-state index in [0.29, 0.717) is 12.8 Å². The number of hydrogen-bond donors (Lipinski definition) is 1. The Bertz CT molecular complexity index is 868. The SMILES string of the molecule is CC(C)N(C(=O)OCc1ccccc1)C1(C(=O)O)CCc2cc(Br)ccc2C1. The van der Waals surface area contributed by atoms with E-state index in [0.717, 1.165) is 21.2 Å². The Morgan fingerprint density at radius 2 is 1.89 bits per heavy atom. The van der Waals surface area contributed by atoms with Crippen molar-refractivity contribution < 1.29 is 19.4 Å². The molecule has 2 aromatic carbocycles. The standard InChI is InChI=1S/C22H24BrNO4/c1-15(2)24(21(27)28-14-16-6-4-3-5-7-16)22(20(25)26)11-10-17-12-19(23)9-8-18(17)13-22/h3-9,12,15H,10-11,13-14H2,1-2H3,(H,25,26). The highest BCUT2D eigenvalue weighted by Gasteiger charge is 2.50. The van der Waals surface area contributed by atoms with Gasteiger partial charge in [-0.05, 0) is 55.5 Å². The lowest BCUT2D eigenvalue weighted by atomic mass is 9.76. The highest BCUT2D eigenvalue weighted by molar-refractivity contribution is 9.10. The first kappa shape index (κ1) is 20.4. The first-order valence-corrected chi connectivity index (χ1v) is 10.1. The molecule has 1 aliphatic rings. The molecular weight excluding hydrogens is 422 g/mol. The van der Waals surface area contributed by atoms with Gasteiger partial charge in [0.2, 0.25) is 0 Å². The monoisotopic (exact) mass is 445 g/mol. The number of rotatable bonds is 5. The molecule has 0 bridgehead atoms. The van der Waals surface area contributed by atoms with Gasteiger partial charge in [0.05, 0.1) is 0 Å². The normalized spacial score (nSPS) is 18.4. The Morgan fingerprint density at radius 1 is 1.18 bits per heavy atom. The van der Waals surface area contributed by atoms with Gasteiger partial charge in [-0.3, -0.25) is 4.90 Å². The van der Waals surface area contributed by atoms with Gasteiger partial charge in [-0.15, -0.1) is 0 Å². The van der Waals surface area contributed by atoms with Crippen LogP contribution in [0.5, 0.6) is 0 Å². The van der Waals surface area contributed by atoms with Crippen LogP contribution in [0.15, 0.2) is 53.0 Å². The van der Waals surface area contributed by atoms with Crippen molar-refractivity contribution >= 4 is 28.0 Å². The van der Waals surface area contributed by atoms with E-state index >= 15 is 0 Å². The van der Waals surface area contributed by atoms with Crippen molar-refractivity contribution in [2.24, 2.45) is 0 Å². The topological polar surface area (TPSA) is 66.8 Å². The molecule has 0 spiro atoms. The van der Waals surface area contributed by atoms with E-state index in [-0.39, 0.29) is 19.1 Å². The molecule has 0 fully saturated rings. The van der Waals surface area contributed by atoms with Crippen LogP contribution < -0.4 is 0 Å². The summed E-state index contributed by atoms with van der Waals surface area (Å²) in [5, 5.41) is 10.2. The quantitative estimate of drug-likeness (QED) is 0.716. The third kappa shape index (κ3) is 4.07. The minimum Gasteiger partial charge on any atom is -0.479 e. The molecule has 28 heavy (non-hydrogen) atoms. The number of carbonyl (C=O) groups is 2. The van der Waals surface area contributed by atoms with E-state index in [1.807, 2.05) is 62.4 Å². The van der Waals surface area contributed by atoms with Gasteiger partial charge in [0.15, 0.2) is 0 Å². The van der Waals surface area contributed by atoms with E-state index < -0.39 is 17.6 Å². The molecule has 1 amide bonds. The summed E-state index contributed by atoms with van der Waals surface area (Å²) in [5.41, 5.74) is 1.62. The van der Waals surface area contributed by atoms with E-state index in [4.69, 9.17) is 4.74 Å². The lowest BCUT2D eigenvalue weighted by molar-refractivity contribution is -0.153. The molecule has 0 saturated heterocycles. The van der Waals surface area contributed by atoms with Gasteiger partial charge in [0.1, 0.15) is 12.1 Å². The average molecular weight is 446 g/mol. The number of aliphatic carboxylic acids is 1. The van der Waals surface area contributed by atoms with Gasteiger partial charge in [0, 0.05) is 16.9 Å². The highest BCUT2D eigenvalue weighted by atomic mass is 79.9. The number of nitrogens with zero attached hydrogens (tertiary/aromatic N) is 1. The fourth-order valence-electron chi connectivity index (χ4n) is 3.90. The molecule has 148 valence electrons. The number of amides is 1. The zero-order chi connectivity index (χ0) is 20.3. The summed E-state index contributed by atoms with van der Waals surface area (Å²) in [6.45, 7) is 3.76. The fraction of sp³-hybridized carbons (Fsp3) is 0.364. The number of carboxylic acid groups (broad SMARTS) is 1. The minimum atomic E-state index is -1.32. The number of hydrogen-bond acceptors (Lipinski definition) is 3. The third-order valence-corrected chi connectivity index (χ3v) is 5.73. The summed E-state index contributed by atoms with van der Waals surface area (Å²) in [7, 11) is 0. The summed E-state index contributed by atoms with van der Waals surface area (Å²) in [6, 6.07) is 14.9. The Morgan fingerprint density at radius 3 is 2.54 bits per heavy atom. The molecule has 2 aromatic rings. The first-order chi connectivity index (χ1) is 13.3. The summed E-state index contributed by atoms with van der Waals surface area (Å²) in [6.07, 6.45) is 0.617. The number of carboxylic acids is 1. The number of halogens is 1. The summed E-state index contributed by atoms with van der Waals surface area (Å²) >= 11 is 3.47. The Balaban J connectivity index is 1.88. The van der Waals surface area contributed by atoms with Crippen LogP contribution in [-0.4, -0.2) is 33.6 Å². The molecule has 0 aliphatic heterocycles. The molecule has 5 nitrogen and oxygen atoms in total. The van der Waals surface area contributed by atoms with Crippen molar-refractivity contribution in [2.45, 2.75) is 51.3 Å². The Hall–Kier alpha value is -2.34. The van der Waals surface area contributed by atoms with Gasteiger partial charge < -0.3 is 9.84 Å². The second kappa shape index (κ2) is 8.35. The molecule has 6 heteroatoms. The van der Waals surface area contributed by atoms with Crippen LogP contribution in [0.25, 0.3) is 0 Å². The number of aryl methyl sites for hydroxylation is 1. The molecule has 1 N–H and O–H groups in total. The molecule has 0 saturated carbocycles. The van der Waals surface area contributed by atoms with Crippen molar-refractivity contribution in [3.63, 3.8) is 0 Å². The highest BCUT2D eigenvalue weighted by Crippen LogP contribution is 2.36. The van der Waals surface area contributed by atoms with E-state index in [9.17, 15) is 14.7 Å². The van der Waals surface area contributed by atoms with Crippen LogP contribution in [0.4, 0.5) is 4.79 Å². The number of ether oxygens (including phenoxy) is 1. The minimum absolute atomic E-state index is 0.113. The van der Waals surface area contributed by atoms with Gasteiger partial charge >= 0.3 is 12.1 Å².